The minimum Gasteiger partial charge on any atom is -0.376 e. The molecule has 4 nitrogen and oxygen atoms in total. The first-order chi connectivity index (χ1) is 8.20. The van der Waals surface area contributed by atoms with E-state index in [4.69, 9.17) is 10.5 Å². The van der Waals surface area contributed by atoms with E-state index in [0.29, 0.717) is 12.1 Å². The van der Waals surface area contributed by atoms with Gasteiger partial charge < -0.3 is 15.8 Å². The topological polar surface area (TPSA) is 64.3 Å². The number of rotatable bonds is 3. The second-order valence-corrected chi connectivity index (χ2v) is 4.35. The third-order valence-electron chi connectivity index (χ3n) is 3.14. The third-order valence-corrected chi connectivity index (χ3v) is 3.14. The lowest BCUT2D eigenvalue weighted by Gasteiger charge is -2.16. The summed E-state index contributed by atoms with van der Waals surface area (Å²) in [5, 5.41) is 2.99. The molecule has 1 heterocycles. The van der Waals surface area contributed by atoms with Crippen LogP contribution in [0.1, 0.15) is 29.3 Å². The SMILES string of the molecule is CC1OCCC1NC(=O)c1ccc(CN)cc1. The highest BCUT2D eigenvalue weighted by atomic mass is 16.5. The van der Waals surface area contributed by atoms with Crippen LogP contribution in [0.5, 0.6) is 0 Å². The average Bonchev–Trinajstić information content (AvgIpc) is 2.75. The Labute approximate surface area is 101 Å². The van der Waals surface area contributed by atoms with Crippen molar-refractivity contribution in [1.82, 2.24) is 5.32 Å². The highest BCUT2D eigenvalue weighted by molar-refractivity contribution is 5.94. The zero-order valence-corrected chi connectivity index (χ0v) is 9.98. The fraction of sp³-hybridized carbons (Fsp3) is 0.462. The van der Waals surface area contributed by atoms with Gasteiger partial charge in [0, 0.05) is 18.7 Å². The Bertz CT molecular complexity index is 389. The molecular formula is C13H18N2O2. The smallest absolute Gasteiger partial charge is 0.251 e. The van der Waals surface area contributed by atoms with Crippen molar-refractivity contribution in [1.29, 1.82) is 0 Å². The van der Waals surface area contributed by atoms with Crippen molar-refractivity contribution >= 4 is 5.91 Å². The van der Waals surface area contributed by atoms with Crippen molar-refractivity contribution in [3.63, 3.8) is 0 Å². The van der Waals surface area contributed by atoms with E-state index in [2.05, 4.69) is 5.32 Å². The zero-order valence-electron chi connectivity index (χ0n) is 9.98. The van der Waals surface area contributed by atoms with Gasteiger partial charge in [0.15, 0.2) is 0 Å². The number of carbonyl (C=O) groups excluding carboxylic acids is 1. The molecule has 1 fully saturated rings. The largest absolute Gasteiger partial charge is 0.376 e. The minimum absolute atomic E-state index is 0.0454. The van der Waals surface area contributed by atoms with Gasteiger partial charge in [-0.25, -0.2) is 0 Å². The van der Waals surface area contributed by atoms with E-state index >= 15 is 0 Å². The molecule has 0 bridgehead atoms. The van der Waals surface area contributed by atoms with Gasteiger partial charge in [-0.1, -0.05) is 12.1 Å². The molecule has 1 aliphatic rings. The van der Waals surface area contributed by atoms with Crippen LogP contribution < -0.4 is 11.1 Å². The summed E-state index contributed by atoms with van der Waals surface area (Å²) in [5.41, 5.74) is 7.20. The zero-order chi connectivity index (χ0) is 12.3. The summed E-state index contributed by atoms with van der Waals surface area (Å²) in [5.74, 6) is -0.0454. The molecule has 17 heavy (non-hydrogen) atoms. The van der Waals surface area contributed by atoms with Gasteiger partial charge in [0.1, 0.15) is 0 Å². The molecule has 0 aliphatic carbocycles. The number of nitrogens with one attached hydrogen (secondary N) is 1. The maximum Gasteiger partial charge on any atom is 0.251 e. The fourth-order valence-electron chi connectivity index (χ4n) is 1.97. The van der Waals surface area contributed by atoms with Crippen LogP contribution >= 0.6 is 0 Å². The van der Waals surface area contributed by atoms with Gasteiger partial charge in [0.25, 0.3) is 5.91 Å². The lowest BCUT2D eigenvalue weighted by Crippen LogP contribution is -2.39. The van der Waals surface area contributed by atoms with Gasteiger partial charge >= 0.3 is 0 Å². The molecule has 92 valence electrons. The van der Waals surface area contributed by atoms with Crippen LogP contribution in [0.15, 0.2) is 24.3 Å². The van der Waals surface area contributed by atoms with Crippen molar-refractivity contribution in [2.75, 3.05) is 6.61 Å². The maximum atomic E-state index is 11.9. The van der Waals surface area contributed by atoms with Crippen molar-refractivity contribution in [3.8, 4) is 0 Å². The molecule has 2 atom stereocenters. The standard InChI is InChI=1S/C13H18N2O2/c1-9-12(6-7-17-9)15-13(16)11-4-2-10(8-14)3-5-11/h2-5,9,12H,6-8,14H2,1H3,(H,15,16). The highest BCUT2D eigenvalue weighted by Crippen LogP contribution is 2.13. The van der Waals surface area contributed by atoms with Crippen LogP contribution in [-0.4, -0.2) is 24.7 Å². The molecule has 3 N–H and O–H groups in total. The van der Waals surface area contributed by atoms with Crippen LogP contribution in [-0.2, 0) is 11.3 Å². The summed E-state index contributed by atoms with van der Waals surface area (Å²) in [6.07, 6.45) is 0.982. The Morgan fingerprint density at radius 3 is 2.71 bits per heavy atom. The van der Waals surface area contributed by atoms with Crippen molar-refractivity contribution in [3.05, 3.63) is 35.4 Å². The van der Waals surface area contributed by atoms with E-state index < -0.39 is 0 Å². The monoisotopic (exact) mass is 234 g/mol. The molecule has 1 aliphatic heterocycles. The Morgan fingerprint density at radius 2 is 2.18 bits per heavy atom. The molecule has 0 spiro atoms. The Morgan fingerprint density at radius 1 is 1.47 bits per heavy atom. The number of benzene rings is 1. The van der Waals surface area contributed by atoms with Gasteiger partial charge in [-0.2, -0.15) is 0 Å². The van der Waals surface area contributed by atoms with E-state index in [1.807, 2.05) is 19.1 Å². The molecule has 1 amide bonds. The molecule has 0 saturated carbocycles. The van der Waals surface area contributed by atoms with Gasteiger partial charge in [-0.15, -0.1) is 0 Å². The van der Waals surface area contributed by atoms with Crippen molar-refractivity contribution < 1.29 is 9.53 Å². The lowest BCUT2D eigenvalue weighted by molar-refractivity contribution is 0.0866. The number of nitrogens with two attached hydrogens (primary N) is 1. The van der Waals surface area contributed by atoms with Crippen LogP contribution in [0.4, 0.5) is 0 Å². The molecule has 4 heteroatoms. The van der Waals surface area contributed by atoms with E-state index in [-0.39, 0.29) is 18.1 Å². The molecule has 1 saturated heterocycles. The number of hydrogen-bond acceptors (Lipinski definition) is 3. The van der Waals surface area contributed by atoms with Gasteiger partial charge in [0.2, 0.25) is 0 Å². The Kier molecular flexibility index (Phi) is 3.76. The van der Waals surface area contributed by atoms with E-state index in [1.54, 1.807) is 12.1 Å². The molecule has 2 unspecified atom stereocenters. The Balaban J connectivity index is 1.99. The average molecular weight is 234 g/mol. The second-order valence-electron chi connectivity index (χ2n) is 4.35. The van der Waals surface area contributed by atoms with Crippen LogP contribution in [0, 0.1) is 0 Å². The molecule has 0 radical (unpaired) electrons. The van der Waals surface area contributed by atoms with E-state index in [9.17, 15) is 4.79 Å². The normalized spacial score (nSPS) is 23.6. The first-order valence-electron chi connectivity index (χ1n) is 5.92. The number of hydrogen-bond donors (Lipinski definition) is 2. The van der Waals surface area contributed by atoms with Gasteiger partial charge in [0.05, 0.1) is 12.1 Å². The highest BCUT2D eigenvalue weighted by Gasteiger charge is 2.25. The summed E-state index contributed by atoms with van der Waals surface area (Å²) in [6, 6.07) is 7.49. The predicted molar refractivity (Wildman–Crippen MR) is 65.6 cm³/mol. The van der Waals surface area contributed by atoms with Gasteiger partial charge in [-0.3, -0.25) is 4.79 Å². The van der Waals surface area contributed by atoms with Crippen molar-refractivity contribution in [2.45, 2.75) is 32.0 Å². The summed E-state index contributed by atoms with van der Waals surface area (Å²) >= 11 is 0. The number of amides is 1. The summed E-state index contributed by atoms with van der Waals surface area (Å²) in [6.45, 7) is 3.20. The summed E-state index contributed by atoms with van der Waals surface area (Å²) in [7, 11) is 0. The maximum absolute atomic E-state index is 11.9. The first kappa shape index (κ1) is 12.1. The fourth-order valence-corrected chi connectivity index (χ4v) is 1.97. The number of carbonyl (C=O) groups is 1. The molecule has 1 aromatic rings. The predicted octanol–water partition coefficient (Wildman–Crippen LogP) is 1.05. The van der Waals surface area contributed by atoms with Crippen molar-refractivity contribution in [2.24, 2.45) is 5.73 Å². The Hall–Kier alpha value is -1.39. The number of ether oxygens (including phenoxy) is 1. The first-order valence-corrected chi connectivity index (χ1v) is 5.92. The van der Waals surface area contributed by atoms with Gasteiger partial charge in [-0.05, 0) is 31.0 Å². The minimum atomic E-state index is -0.0454. The third kappa shape index (κ3) is 2.84. The summed E-state index contributed by atoms with van der Waals surface area (Å²) in [4.78, 5) is 11.9. The lowest BCUT2D eigenvalue weighted by atomic mass is 10.1. The van der Waals surface area contributed by atoms with Crippen LogP contribution in [0.3, 0.4) is 0 Å². The van der Waals surface area contributed by atoms with E-state index in [0.717, 1.165) is 18.6 Å². The van der Waals surface area contributed by atoms with Crippen LogP contribution in [0.2, 0.25) is 0 Å². The molecular weight excluding hydrogens is 216 g/mol. The molecule has 1 aromatic carbocycles. The second kappa shape index (κ2) is 5.29. The molecule has 0 aromatic heterocycles. The summed E-state index contributed by atoms with van der Waals surface area (Å²) < 4.78 is 5.41. The van der Waals surface area contributed by atoms with E-state index in [1.165, 1.54) is 0 Å². The molecule has 2 rings (SSSR count). The van der Waals surface area contributed by atoms with Crippen LogP contribution in [0.25, 0.3) is 0 Å². The quantitative estimate of drug-likeness (QED) is 0.821.